The highest BCUT2D eigenvalue weighted by atomic mass is 16.5. The molecule has 0 heterocycles. The van der Waals surface area contributed by atoms with E-state index < -0.39 is 0 Å². The van der Waals surface area contributed by atoms with Gasteiger partial charge in [-0.2, -0.15) is 0 Å². The molecule has 0 radical (unpaired) electrons. The van der Waals surface area contributed by atoms with Crippen molar-refractivity contribution in [3.05, 3.63) is 0 Å². The maximum Gasteiger partial charge on any atom is 0.0589 e. The molecule has 0 aromatic rings. The number of methoxy groups -OCH3 is 2. The average molecular weight is 256 g/mol. The van der Waals surface area contributed by atoms with Crippen molar-refractivity contribution < 1.29 is 9.47 Å². The normalized spacial score (nSPS) is 34.7. The van der Waals surface area contributed by atoms with Gasteiger partial charge in [-0.05, 0) is 37.0 Å². The molecule has 2 saturated carbocycles. The maximum absolute atomic E-state index is 6.38. The summed E-state index contributed by atoms with van der Waals surface area (Å²) >= 11 is 0. The fraction of sp³-hybridized carbons (Fsp3) is 1.00. The number of nitrogens with zero attached hydrogens (tertiary/aromatic N) is 1. The molecule has 2 N–H and O–H groups in total. The van der Waals surface area contributed by atoms with Crippen molar-refractivity contribution in [3.8, 4) is 0 Å². The summed E-state index contributed by atoms with van der Waals surface area (Å²) in [6.45, 7) is 4.68. The smallest absolute Gasteiger partial charge is 0.0589 e. The van der Waals surface area contributed by atoms with Crippen molar-refractivity contribution >= 4 is 0 Å². The number of fused-ring (bicyclic) bond motifs is 2. The molecule has 4 atom stereocenters. The summed E-state index contributed by atoms with van der Waals surface area (Å²) in [7, 11) is 3.52. The van der Waals surface area contributed by atoms with Crippen LogP contribution in [0.4, 0.5) is 0 Å². The van der Waals surface area contributed by atoms with E-state index in [0.717, 1.165) is 44.7 Å². The Labute approximate surface area is 111 Å². The Morgan fingerprint density at radius 2 is 1.67 bits per heavy atom. The highest BCUT2D eigenvalue weighted by molar-refractivity contribution is 4.99. The van der Waals surface area contributed by atoms with Crippen molar-refractivity contribution in [1.82, 2.24) is 4.90 Å². The van der Waals surface area contributed by atoms with Gasteiger partial charge >= 0.3 is 0 Å². The SMILES string of the molecule is COCCN(CCOC)CC1C2CCC(C2)C1N. The molecule has 2 bridgehead atoms. The van der Waals surface area contributed by atoms with Crippen LogP contribution in [0, 0.1) is 17.8 Å². The molecule has 0 aromatic heterocycles. The molecular weight excluding hydrogens is 228 g/mol. The van der Waals surface area contributed by atoms with Gasteiger partial charge in [-0.15, -0.1) is 0 Å². The Balaban J connectivity index is 1.83. The van der Waals surface area contributed by atoms with Gasteiger partial charge in [-0.1, -0.05) is 0 Å². The molecule has 18 heavy (non-hydrogen) atoms. The van der Waals surface area contributed by atoms with E-state index in [1.165, 1.54) is 19.3 Å². The molecule has 0 amide bonds. The standard InChI is InChI=1S/C14H28N2O2/c1-17-7-5-16(6-8-18-2)10-13-11-3-4-12(9-11)14(13)15/h11-14H,3-10,15H2,1-2H3. The first kappa shape index (κ1) is 14.3. The summed E-state index contributed by atoms with van der Waals surface area (Å²) in [6, 6.07) is 0.427. The molecule has 4 nitrogen and oxygen atoms in total. The lowest BCUT2D eigenvalue weighted by atomic mass is 9.84. The minimum atomic E-state index is 0.427. The summed E-state index contributed by atoms with van der Waals surface area (Å²) in [6.07, 6.45) is 4.12. The zero-order valence-corrected chi connectivity index (χ0v) is 11.8. The summed E-state index contributed by atoms with van der Waals surface area (Å²) in [5.74, 6) is 2.36. The number of hydrogen-bond acceptors (Lipinski definition) is 4. The van der Waals surface area contributed by atoms with E-state index in [-0.39, 0.29) is 0 Å². The van der Waals surface area contributed by atoms with Gasteiger partial charge in [0.1, 0.15) is 0 Å². The van der Waals surface area contributed by atoms with Crippen LogP contribution >= 0.6 is 0 Å². The lowest BCUT2D eigenvalue weighted by Gasteiger charge is -2.33. The van der Waals surface area contributed by atoms with Gasteiger partial charge in [0.2, 0.25) is 0 Å². The first-order chi connectivity index (χ1) is 8.76. The Kier molecular flexibility index (Phi) is 5.42. The fourth-order valence-corrected chi connectivity index (χ4v) is 3.76. The minimum absolute atomic E-state index is 0.427. The molecule has 106 valence electrons. The minimum Gasteiger partial charge on any atom is -0.383 e. The molecule has 0 spiro atoms. The van der Waals surface area contributed by atoms with Crippen molar-refractivity contribution in [2.24, 2.45) is 23.5 Å². The number of hydrogen-bond donors (Lipinski definition) is 1. The van der Waals surface area contributed by atoms with Crippen molar-refractivity contribution in [2.45, 2.75) is 25.3 Å². The van der Waals surface area contributed by atoms with Gasteiger partial charge < -0.3 is 15.2 Å². The van der Waals surface area contributed by atoms with Crippen LogP contribution in [0.15, 0.2) is 0 Å². The zero-order chi connectivity index (χ0) is 13.0. The van der Waals surface area contributed by atoms with Gasteiger partial charge in [0.05, 0.1) is 13.2 Å². The molecule has 0 aromatic carbocycles. The second-order valence-corrected chi connectivity index (χ2v) is 5.86. The Hall–Kier alpha value is -0.160. The number of ether oxygens (including phenoxy) is 2. The number of nitrogens with two attached hydrogens (primary N) is 1. The molecule has 2 aliphatic carbocycles. The third kappa shape index (κ3) is 3.23. The summed E-state index contributed by atoms with van der Waals surface area (Å²) in [5, 5.41) is 0. The lowest BCUT2D eigenvalue weighted by molar-refractivity contribution is 0.0916. The Morgan fingerprint density at radius 1 is 1.06 bits per heavy atom. The highest BCUT2D eigenvalue weighted by Gasteiger charge is 2.45. The lowest BCUT2D eigenvalue weighted by Crippen LogP contribution is -2.44. The van der Waals surface area contributed by atoms with E-state index >= 15 is 0 Å². The molecule has 0 aliphatic heterocycles. The summed E-state index contributed by atoms with van der Waals surface area (Å²) in [4.78, 5) is 2.46. The quantitative estimate of drug-likeness (QED) is 0.702. The van der Waals surface area contributed by atoms with Crippen LogP contribution in [0.2, 0.25) is 0 Å². The van der Waals surface area contributed by atoms with Gasteiger partial charge in [-0.25, -0.2) is 0 Å². The van der Waals surface area contributed by atoms with Gasteiger partial charge in [-0.3, -0.25) is 4.90 Å². The van der Waals surface area contributed by atoms with E-state index in [9.17, 15) is 0 Å². The van der Waals surface area contributed by atoms with E-state index in [0.29, 0.717) is 12.0 Å². The van der Waals surface area contributed by atoms with Crippen LogP contribution < -0.4 is 5.73 Å². The van der Waals surface area contributed by atoms with Crippen LogP contribution in [0.3, 0.4) is 0 Å². The van der Waals surface area contributed by atoms with Crippen LogP contribution in [0.1, 0.15) is 19.3 Å². The van der Waals surface area contributed by atoms with E-state index in [1.54, 1.807) is 14.2 Å². The highest BCUT2D eigenvalue weighted by Crippen LogP contribution is 2.47. The maximum atomic E-state index is 6.38. The van der Waals surface area contributed by atoms with E-state index in [2.05, 4.69) is 4.90 Å². The monoisotopic (exact) mass is 256 g/mol. The summed E-state index contributed by atoms with van der Waals surface area (Å²) < 4.78 is 10.4. The van der Waals surface area contributed by atoms with Crippen LogP contribution in [-0.4, -0.2) is 58.0 Å². The van der Waals surface area contributed by atoms with Crippen molar-refractivity contribution in [1.29, 1.82) is 0 Å². The first-order valence-corrected chi connectivity index (χ1v) is 7.22. The van der Waals surface area contributed by atoms with Crippen molar-refractivity contribution in [2.75, 3.05) is 47.1 Å². The predicted molar refractivity (Wildman–Crippen MR) is 72.5 cm³/mol. The molecule has 2 fully saturated rings. The third-order valence-corrected chi connectivity index (χ3v) is 4.85. The number of rotatable bonds is 8. The topological polar surface area (TPSA) is 47.7 Å². The second-order valence-electron chi connectivity index (χ2n) is 5.86. The van der Waals surface area contributed by atoms with Crippen LogP contribution in [0.25, 0.3) is 0 Å². The van der Waals surface area contributed by atoms with E-state index in [4.69, 9.17) is 15.2 Å². The molecular formula is C14H28N2O2. The van der Waals surface area contributed by atoms with Crippen LogP contribution in [0.5, 0.6) is 0 Å². The molecule has 4 unspecified atom stereocenters. The van der Waals surface area contributed by atoms with E-state index in [1.807, 2.05) is 0 Å². The first-order valence-electron chi connectivity index (χ1n) is 7.22. The molecule has 4 heteroatoms. The van der Waals surface area contributed by atoms with Crippen molar-refractivity contribution in [3.63, 3.8) is 0 Å². The second kappa shape index (κ2) is 6.85. The zero-order valence-electron chi connectivity index (χ0n) is 11.8. The third-order valence-electron chi connectivity index (χ3n) is 4.85. The fourth-order valence-electron chi connectivity index (χ4n) is 3.76. The molecule has 0 saturated heterocycles. The Bertz CT molecular complexity index is 240. The molecule has 2 aliphatic rings. The van der Waals surface area contributed by atoms with Crippen LogP contribution in [-0.2, 0) is 9.47 Å². The average Bonchev–Trinajstić information content (AvgIpc) is 2.95. The van der Waals surface area contributed by atoms with Gasteiger partial charge in [0.25, 0.3) is 0 Å². The van der Waals surface area contributed by atoms with Gasteiger partial charge in [0, 0.05) is 39.9 Å². The molecule has 2 rings (SSSR count). The Morgan fingerprint density at radius 3 is 2.17 bits per heavy atom. The summed E-state index contributed by atoms with van der Waals surface area (Å²) in [5.41, 5.74) is 6.38. The predicted octanol–water partition coefficient (Wildman–Crippen LogP) is 0.955. The van der Waals surface area contributed by atoms with Gasteiger partial charge in [0.15, 0.2) is 0 Å². The largest absolute Gasteiger partial charge is 0.383 e.